The van der Waals surface area contributed by atoms with E-state index >= 15 is 0 Å². The summed E-state index contributed by atoms with van der Waals surface area (Å²) in [6, 6.07) is 5.74. The highest BCUT2D eigenvalue weighted by Gasteiger charge is 2.45. The highest BCUT2D eigenvalue weighted by atomic mass is 31.2. The minimum Gasteiger partial charge on any atom is -0.545 e. The van der Waals surface area contributed by atoms with Crippen molar-refractivity contribution in [3.63, 3.8) is 0 Å². The molecule has 2 aliphatic rings. The summed E-state index contributed by atoms with van der Waals surface area (Å²) in [7, 11) is -3.85. The monoisotopic (exact) mass is 393 g/mol. The van der Waals surface area contributed by atoms with Crippen LogP contribution in [-0.2, 0) is 18.4 Å². The molecule has 1 atom stereocenters. The molecule has 1 unspecified atom stereocenters. The normalized spacial score (nSPS) is 22.4. The van der Waals surface area contributed by atoms with E-state index in [2.05, 4.69) is 5.32 Å². The first-order valence-corrected chi connectivity index (χ1v) is 9.83. The molecule has 0 radical (unpaired) electrons. The number of carbonyl (C=O) groups is 1. The zero-order valence-electron chi connectivity index (χ0n) is 14.8. The average molecular weight is 393 g/mol. The summed E-state index contributed by atoms with van der Waals surface area (Å²) in [5.41, 5.74) is 0.196. The number of hydrogen-bond acceptors (Lipinski definition) is 8. The van der Waals surface area contributed by atoms with Crippen molar-refractivity contribution in [2.24, 2.45) is 0 Å². The Morgan fingerprint density at radius 1 is 1.22 bits per heavy atom. The Kier molecular flexibility index (Phi) is 5.19. The van der Waals surface area contributed by atoms with E-state index in [4.69, 9.17) is 9.05 Å². The Morgan fingerprint density at radius 3 is 2.44 bits per heavy atom. The van der Waals surface area contributed by atoms with Crippen LogP contribution in [0.15, 0.2) is 46.5 Å². The molecular formula is C17H18N2O7P-. The first-order chi connectivity index (χ1) is 12.8. The number of aliphatic carboxylic acids is 1. The summed E-state index contributed by atoms with van der Waals surface area (Å²) >= 11 is 0. The lowest BCUT2D eigenvalue weighted by atomic mass is 9.85. The molecule has 2 aliphatic heterocycles. The minimum atomic E-state index is -3.85. The number of dihydropyridines is 1. The summed E-state index contributed by atoms with van der Waals surface area (Å²) in [6.45, 7) is 3.49. The maximum absolute atomic E-state index is 13.4. The Labute approximate surface area is 155 Å². The Morgan fingerprint density at radius 2 is 1.85 bits per heavy atom. The molecule has 1 saturated heterocycles. The number of nitro benzene ring substituents is 1. The molecule has 0 aliphatic carbocycles. The molecule has 2 heterocycles. The Balaban J connectivity index is 2.29. The molecule has 0 aromatic heterocycles. The lowest BCUT2D eigenvalue weighted by Gasteiger charge is -2.36. The van der Waals surface area contributed by atoms with Gasteiger partial charge in [-0.1, -0.05) is 18.2 Å². The molecule has 0 amide bonds. The van der Waals surface area contributed by atoms with E-state index in [1.54, 1.807) is 13.0 Å². The number of nitrogens with zero attached hydrogens (tertiary/aromatic N) is 1. The second-order valence-corrected chi connectivity index (χ2v) is 8.22. The molecule has 1 aromatic rings. The van der Waals surface area contributed by atoms with Crippen LogP contribution in [0, 0.1) is 10.1 Å². The maximum Gasteiger partial charge on any atom is 0.360 e. The van der Waals surface area contributed by atoms with Crippen LogP contribution in [0.4, 0.5) is 5.69 Å². The second kappa shape index (κ2) is 7.26. The van der Waals surface area contributed by atoms with Crippen LogP contribution in [0.5, 0.6) is 0 Å². The van der Waals surface area contributed by atoms with Crippen molar-refractivity contribution >= 4 is 19.3 Å². The molecule has 3 rings (SSSR count). The van der Waals surface area contributed by atoms with E-state index in [-0.39, 0.29) is 41.0 Å². The summed E-state index contributed by atoms with van der Waals surface area (Å²) in [5.74, 6) is -2.71. The van der Waals surface area contributed by atoms with Crippen molar-refractivity contribution in [2.45, 2.75) is 26.2 Å². The zero-order valence-corrected chi connectivity index (χ0v) is 15.7. The van der Waals surface area contributed by atoms with Crippen molar-refractivity contribution in [1.82, 2.24) is 5.32 Å². The molecule has 27 heavy (non-hydrogen) atoms. The van der Waals surface area contributed by atoms with E-state index in [9.17, 15) is 24.6 Å². The smallest absolute Gasteiger partial charge is 0.360 e. The van der Waals surface area contributed by atoms with E-state index in [1.807, 2.05) is 0 Å². The molecule has 10 heteroatoms. The van der Waals surface area contributed by atoms with Crippen molar-refractivity contribution in [3.8, 4) is 0 Å². The Hall–Kier alpha value is -2.48. The van der Waals surface area contributed by atoms with Gasteiger partial charge < -0.3 is 24.3 Å². The molecule has 1 aromatic carbocycles. The molecule has 9 nitrogen and oxygen atoms in total. The molecule has 1 fully saturated rings. The summed E-state index contributed by atoms with van der Waals surface area (Å²) in [5, 5.41) is 26.4. The quantitative estimate of drug-likeness (QED) is 0.468. The number of rotatable bonds is 4. The largest absolute Gasteiger partial charge is 0.545 e. The number of nitro groups is 1. The van der Waals surface area contributed by atoms with Crippen LogP contribution in [-0.4, -0.2) is 24.1 Å². The minimum absolute atomic E-state index is 0.0568. The van der Waals surface area contributed by atoms with Crippen LogP contribution in [0.2, 0.25) is 0 Å². The number of carboxylic acids is 1. The van der Waals surface area contributed by atoms with Crippen LogP contribution in [0.1, 0.15) is 31.7 Å². The fraction of sp³-hybridized carbons (Fsp3) is 0.353. The molecule has 144 valence electrons. The van der Waals surface area contributed by atoms with Crippen molar-refractivity contribution in [1.29, 1.82) is 0 Å². The zero-order chi connectivity index (χ0) is 19.8. The fourth-order valence-corrected chi connectivity index (χ4v) is 5.56. The summed E-state index contributed by atoms with van der Waals surface area (Å²) in [6.07, 6.45) is 0.544. The van der Waals surface area contributed by atoms with Gasteiger partial charge in [-0.05, 0) is 20.3 Å². The second-order valence-electron chi connectivity index (χ2n) is 6.23. The van der Waals surface area contributed by atoms with Gasteiger partial charge in [0.1, 0.15) is 0 Å². The lowest BCUT2D eigenvalue weighted by molar-refractivity contribution is -0.385. The third-order valence-corrected chi connectivity index (χ3v) is 6.72. The van der Waals surface area contributed by atoms with Gasteiger partial charge in [0.2, 0.25) is 0 Å². The highest BCUT2D eigenvalue weighted by molar-refractivity contribution is 7.58. The topological polar surface area (TPSA) is 131 Å². The number of carbonyl (C=O) groups excluding carboxylic acids is 1. The van der Waals surface area contributed by atoms with Crippen molar-refractivity contribution in [3.05, 3.63) is 62.2 Å². The maximum atomic E-state index is 13.4. The third kappa shape index (κ3) is 3.41. The highest BCUT2D eigenvalue weighted by Crippen LogP contribution is 2.65. The van der Waals surface area contributed by atoms with Crippen molar-refractivity contribution < 1.29 is 28.4 Å². The van der Waals surface area contributed by atoms with E-state index < -0.39 is 24.4 Å². The standard InChI is InChI=1S/C17H19N2O7P/c1-10-14(17(20)21)15(12-6-3-4-7-13(12)19(22)23)16(11(2)18-10)27(24)25-8-5-9-26-27/h3-4,6-7,15,18H,5,8-9H2,1-2H3,(H,20,21)/p-1. The fourth-order valence-electron chi connectivity index (χ4n) is 3.42. The van der Waals surface area contributed by atoms with Gasteiger partial charge in [-0.25, -0.2) is 0 Å². The van der Waals surface area contributed by atoms with Gasteiger partial charge in [-0.15, -0.1) is 0 Å². The van der Waals surface area contributed by atoms with E-state index in [1.165, 1.54) is 25.1 Å². The molecule has 1 N–H and O–H groups in total. The predicted molar refractivity (Wildman–Crippen MR) is 93.5 cm³/mol. The molecule has 0 spiro atoms. The number of allylic oxidation sites excluding steroid dienone is 3. The number of para-hydroxylation sites is 1. The van der Waals surface area contributed by atoms with Crippen LogP contribution in [0.25, 0.3) is 0 Å². The molecule has 0 bridgehead atoms. The third-order valence-electron chi connectivity index (χ3n) is 4.50. The SMILES string of the molecule is CC1=C(C(=O)[O-])C(c2ccccc2[N+](=O)[O-])C(P2(=O)OCCCO2)=C(C)N1. The average Bonchev–Trinajstić information content (AvgIpc) is 2.61. The summed E-state index contributed by atoms with van der Waals surface area (Å²) < 4.78 is 24.2. The number of benzene rings is 1. The van der Waals surface area contributed by atoms with Crippen LogP contribution in [0.3, 0.4) is 0 Å². The van der Waals surface area contributed by atoms with Crippen LogP contribution >= 0.6 is 7.60 Å². The van der Waals surface area contributed by atoms with Gasteiger partial charge in [0.05, 0.1) is 35.3 Å². The van der Waals surface area contributed by atoms with Gasteiger partial charge in [0.15, 0.2) is 0 Å². The number of carboxylic acid groups (broad SMARTS) is 1. The van der Waals surface area contributed by atoms with Crippen LogP contribution < -0.4 is 10.4 Å². The van der Waals surface area contributed by atoms with Gasteiger partial charge >= 0.3 is 7.60 Å². The van der Waals surface area contributed by atoms with E-state index in [0.717, 1.165) is 0 Å². The molecular weight excluding hydrogens is 375 g/mol. The van der Waals surface area contributed by atoms with Gasteiger partial charge in [-0.2, -0.15) is 0 Å². The predicted octanol–water partition coefficient (Wildman–Crippen LogP) is 2.17. The van der Waals surface area contributed by atoms with Gasteiger partial charge in [0.25, 0.3) is 5.69 Å². The first-order valence-electron chi connectivity index (χ1n) is 8.29. The van der Waals surface area contributed by atoms with Crippen molar-refractivity contribution in [2.75, 3.05) is 13.2 Å². The number of nitrogens with one attached hydrogen (secondary N) is 1. The van der Waals surface area contributed by atoms with E-state index in [0.29, 0.717) is 12.1 Å². The number of hydrogen-bond donors (Lipinski definition) is 1. The lowest BCUT2D eigenvalue weighted by Crippen LogP contribution is -2.35. The molecule has 0 saturated carbocycles. The Bertz CT molecular complexity index is 912. The summed E-state index contributed by atoms with van der Waals surface area (Å²) in [4.78, 5) is 22.8. The first kappa shape index (κ1) is 19.3. The van der Waals surface area contributed by atoms with Gasteiger partial charge in [-0.3, -0.25) is 14.7 Å². The van der Waals surface area contributed by atoms with Gasteiger partial charge in [0, 0.05) is 28.6 Å².